The van der Waals surface area contributed by atoms with Crippen LogP contribution in [0.4, 0.5) is 5.13 Å². The van der Waals surface area contributed by atoms with Crippen molar-refractivity contribution in [1.82, 2.24) is 15.5 Å². The maximum absolute atomic E-state index is 12.2. The second kappa shape index (κ2) is 9.87. The summed E-state index contributed by atoms with van der Waals surface area (Å²) in [5.74, 6) is 0.290. The highest BCUT2D eigenvalue weighted by molar-refractivity contribution is 9.10. The lowest BCUT2D eigenvalue weighted by Gasteiger charge is -2.14. The molecule has 1 heterocycles. The number of rotatable bonds is 8. The van der Waals surface area contributed by atoms with Gasteiger partial charge in [-0.15, -0.1) is 10.2 Å². The van der Waals surface area contributed by atoms with Crippen molar-refractivity contribution in [3.63, 3.8) is 0 Å². The van der Waals surface area contributed by atoms with E-state index in [9.17, 15) is 4.79 Å². The topological polar surface area (TPSA) is 66.9 Å². The van der Waals surface area contributed by atoms with Gasteiger partial charge in [-0.05, 0) is 30.2 Å². The Labute approximate surface area is 175 Å². The summed E-state index contributed by atoms with van der Waals surface area (Å²) in [5.41, 5.74) is 2.25. The molecule has 0 aliphatic rings. The fraction of sp³-hybridized carbons (Fsp3) is 0.211. The molecule has 0 spiro atoms. The minimum Gasteiger partial charge on any atom is -0.356 e. The summed E-state index contributed by atoms with van der Waals surface area (Å²) in [6, 6.07) is 18.0. The monoisotopic (exact) mass is 462 g/mol. The van der Waals surface area contributed by atoms with Crippen LogP contribution in [-0.4, -0.2) is 21.9 Å². The van der Waals surface area contributed by atoms with E-state index in [-0.39, 0.29) is 11.9 Å². The number of anilines is 1. The molecule has 5 nitrogen and oxygen atoms in total. The van der Waals surface area contributed by atoms with Crippen LogP contribution in [0.25, 0.3) is 0 Å². The van der Waals surface area contributed by atoms with Crippen LogP contribution in [0.2, 0.25) is 0 Å². The van der Waals surface area contributed by atoms with Gasteiger partial charge in [0.15, 0.2) is 4.34 Å². The number of nitrogens with one attached hydrogen (secondary N) is 2. The molecule has 140 valence electrons. The van der Waals surface area contributed by atoms with Crippen LogP contribution < -0.4 is 10.6 Å². The van der Waals surface area contributed by atoms with Crippen LogP contribution in [0.3, 0.4) is 0 Å². The predicted molar refractivity (Wildman–Crippen MR) is 115 cm³/mol. The van der Waals surface area contributed by atoms with Gasteiger partial charge in [-0.25, -0.2) is 0 Å². The van der Waals surface area contributed by atoms with E-state index in [4.69, 9.17) is 0 Å². The molecule has 1 atom stereocenters. The molecule has 1 aromatic heterocycles. The van der Waals surface area contributed by atoms with E-state index >= 15 is 0 Å². The summed E-state index contributed by atoms with van der Waals surface area (Å²) < 4.78 is 1.80. The number of amides is 1. The summed E-state index contributed by atoms with van der Waals surface area (Å²) in [6.07, 6.45) is 0. The van der Waals surface area contributed by atoms with E-state index in [1.54, 1.807) is 0 Å². The van der Waals surface area contributed by atoms with Crippen LogP contribution in [0.1, 0.15) is 24.1 Å². The summed E-state index contributed by atoms with van der Waals surface area (Å²) >= 11 is 6.27. The van der Waals surface area contributed by atoms with E-state index in [2.05, 4.69) is 48.9 Å². The Morgan fingerprint density at radius 1 is 1.15 bits per heavy atom. The van der Waals surface area contributed by atoms with Crippen molar-refractivity contribution in [2.24, 2.45) is 0 Å². The first-order valence-corrected chi connectivity index (χ1v) is 11.0. The molecule has 0 fully saturated rings. The second-order valence-electron chi connectivity index (χ2n) is 5.84. The standard InChI is InChI=1S/C19H19BrN4OS2/c1-13(15-7-9-16(20)10-8-15)22-17(25)12-26-19-24-23-18(27-19)21-11-14-5-3-2-4-6-14/h2-10,13H,11-12H2,1H3,(H,21,23)(H,22,25). The number of benzene rings is 2. The van der Waals surface area contributed by atoms with Gasteiger partial charge in [0.25, 0.3) is 0 Å². The molecular formula is C19H19BrN4OS2. The maximum atomic E-state index is 12.2. The fourth-order valence-electron chi connectivity index (χ4n) is 2.36. The summed E-state index contributed by atoms with van der Waals surface area (Å²) in [7, 11) is 0. The number of carbonyl (C=O) groups excluding carboxylic acids is 1. The molecule has 2 N–H and O–H groups in total. The molecule has 0 bridgehead atoms. The second-order valence-corrected chi connectivity index (χ2v) is 8.96. The van der Waals surface area contributed by atoms with Crippen LogP contribution >= 0.6 is 39.0 Å². The SMILES string of the molecule is CC(NC(=O)CSc1nnc(NCc2ccccc2)s1)c1ccc(Br)cc1. The smallest absolute Gasteiger partial charge is 0.230 e. The lowest BCUT2D eigenvalue weighted by Crippen LogP contribution is -2.28. The predicted octanol–water partition coefficient (Wildman–Crippen LogP) is 4.88. The first kappa shape index (κ1) is 19.9. The average molecular weight is 463 g/mol. The van der Waals surface area contributed by atoms with Crippen LogP contribution in [0.15, 0.2) is 63.4 Å². The quantitative estimate of drug-likeness (QED) is 0.466. The van der Waals surface area contributed by atoms with Crippen molar-refractivity contribution in [3.8, 4) is 0 Å². The molecule has 8 heteroatoms. The molecule has 0 saturated heterocycles. The molecular weight excluding hydrogens is 444 g/mol. The Morgan fingerprint density at radius 3 is 2.63 bits per heavy atom. The van der Waals surface area contributed by atoms with Gasteiger partial charge in [0.2, 0.25) is 11.0 Å². The van der Waals surface area contributed by atoms with Gasteiger partial charge >= 0.3 is 0 Å². The zero-order valence-electron chi connectivity index (χ0n) is 14.7. The van der Waals surface area contributed by atoms with Crippen molar-refractivity contribution in [2.45, 2.75) is 23.8 Å². The Morgan fingerprint density at radius 2 is 1.89 bits per heavy atom. The third-order valence-electron chi connectivity index (χ3n) is 3.77. The van der Waals surface area contributed by atoms with E-state index in [0.29, 0.717) is 12.3 Å². The molecule has 0 aliphatic carbocycles. The average Bonchev–Trinajstić information content (AvgIpc) is 3.14. The first-order valence-electron chi connectivity index (χ1n) is 8.39. The number of hydrogen-bond donors (Lipinski definition) is 2. The van der Waals surface area contributed by atoms with E-state index in [1.165, 1.54) is 28.7 Å². The van der Waals surface area contributed by atoms with Gasteiger partial charge in [0, 0.05) is 11.0 Å². The number of aromatic nitrogens is 2. The molecule has 3 rings (SSSR count). The molecule has 3 aromatic rings. The van der Waals surface area contributed by atoms with Crippen molar-refractivity contribution >= 4 is 50.1 Å². The van der Waals surface area contributed by atoms with E-state index in [1.807, 2.05) is 49.4 Å². The minimum atomic E-state index is -0.0382. The largest absolute Gasteiger partial charge is 0.356 e. The Balaban J connectivity index is 1.43. The molecule has 0 aliphatic heterocycles. The van der Waals surface area contributed by atoms with Crippen LogP contribution in [0, 0.1) is 0 Å². The lowest BCUT2D eigenvalue weighted by molar-refractivity contribution is -0.119. The molecule has 27 heavy (non-hydrogen) atoms. The van der Waals surface area contributed by atoms with Crippen molar-refractivity contribution in [2.75, 3.05) is 11.1 Å². The van der Waals surface area contributed by atoms with Crippen molar-refractivity contribution < 1.29 is 4.79 Å². The lowest BCUT2D eigenvalue weighted by atomic mass is 10.1. The number of halogens is 1. The molecule has 2 aromatic carbocycles. The number of thioether (sulfide) groups is 1. The Hall–Kier alpha value is -1.90. The van der Waals surface area contributed by atoms with E-state index in [0.717, 1.165) is 19.5 Å². The number of carbonyl (C=O) groups is 1. The highest BCUT2D eigenvalue weighted by Crippen LogP contribution is 2.26. The van der Waals surface area contributed by atoms with Crippen molar-refractivity contribution in [1.29, 1.82) is 0 Å². The van der Waals surface area contributed by atoms with Crippen LogP contribution in [-0.2, 0) is 11.3 Å². The maximum Gasteiger partial charge on any atom is 0.230 e. The first-order chi connectivity index (χ1) is 13.1. The number of nitrogens with zero attached hydrogens (tertiary/aromatic N) is 2. The minimum absolute atomic E-state index is 0.0237. The van der Waals surface area contributed by atoms with Gasteiger partial charge < -0.3 is 10.6 Å². The zero-order chi connectivity index (χ0) is 19.1. The zero-order valence-corrected chi connectivity index (χ0v) is 17.9. The number of hydrogen-bond acceptors (Lipinski definition) is 6. The van der Waals surface area contributed by atoms with Crippen LogP contribution in [0.5, 0.6) is 0 Å². The Bertz CT molecular complexity index is 871. The highest BCUT2D eigenvalue weighted by atomic mass is 79.9. The third-order valence-corrected chi connectivity index (χ3v) is 6.31. The van der Waals surface area contributed by atoms with Gasteiger partial charge in [-0.1, -0.05) is 81.5 Å². The van der Waals surface area contributed by atoms with E-state index < -0.39 is 0 Å². The van der Waals surface area contributed by atoms with Gasteiger partial charge in [-0.2, -0.15) is 0 Å². The molecule has 0 radical (unpaired) electrons. The summed E-state index contributed by atoms with van der Waals surface area (Å²) in [4.78, 5) is 12.2. The summed E-state index contributed by atoms with van der Waals surface area (Å²) in [5, 5.41) is 15.3. The highest BCUT2D eigenvalue weighted by Gasteiger charge is 2.12. The molecule has 1 amide bonds. The molecule has 0 saturated carbocycles. The van der Waals surface area contributed by atoms with Crippen molar-refractivity contribution in [3.05, 3.63) is 70.2 Å². The summed E-state index contributed by atoms with van der Waals surface area (Å²) in [6.45, 7) is 2.67. The fourth-order valence-corrected chi connectivity index (χ4v) is 4.18. The van der Waals surface area contributed by atoms with Gasteiger partial charge in [0.05, 0.1) is 11.8 Å². The third kappa shape index (κ3) is 6.34. The van der Waals surface area contributed by atoms with Gasteiger partial charge in [-0.3, -0.25) is 4.79 Å². The van der Waals surface area contributed by atoms with Gasteiger partial charge in [0.1, 0.15) is 0 Å². The Kier molecular flexibility index (Phi) is 7.25. The normalized spacial score (nSPS) is 11.8. The molecule has 1 unspecified atom stereocenters.